The second-order valence-electron chi connectivity index (χ2n) is 4.13. The number of anilines is 1. The molecular formula is C12H11ClN4O3S. The molecule has 1 N–H and O–H groups in total. The summed E-state index contributed by atoms with van der Waals surface area (Å²) in [4.78, 5) is 22.2. The van der Waals surface area contributed by atoms with Gasteiger partial charge in [-0.3, -0.25) is 20.2 Å². The summed E-state index contributed by atoms with van der Waals surface area (Å²) in [6.07, 6.45) is 1.71. The highest BCUT2D eigenvalue weighted by Crippen LogP contribution is 2.24. The lowest BCUT2D eigenvalue weighted by atomic mass is 10.2. The SMILES string of the molecule is CCCc1nnc(NC(=O)c2cc([N+](=O)[O-])ccc2Cl)s1. The fourth-order valence-electron chi connectivity index (χ4n) is 1.58. The van der Waals surface area contributed by atoms with Crippen LogP contribution in [0.15, 0.2) is 18.2 Å². The lowest BCUT2D eigenvalue weighted by Crippen LogP contribution is -2.12. The van der Waals surface area contributed by atoms with E-state index in [2.05, 4.69) is 15.5 Å². The van der Waals surface area contributed by atoms with Gasteiger partial charge in [0.25, 0.3) is 11.6 Å². The Morgan fingerprint density at radius 3 is 2.90 bits per heavy atom. The summed E-state index contributed by atoms with van der Waals surface area (Å²) in [5.41, 5.74) is -0.174. The van der Waals surface area contributed by atoms with E-state index in [0.717, 1.165) is 23.9 Å². The van der Waals surface area contributed by atoms with E-state index in [1.165, 1.54) is 23.5 Å². The van der Waals surface area contributed by atoms with Crippen LogP contribution >= 0.6 is 22.9 Å². The molecular weight excluding hydrogens is 316 g/mol. The molecule has 0 bridgehead atoms. The Morgan fingerprint density at radius 1 is 1.48 bits per heavy atom. The van der Waals surface area contributed by atoms with Gasteiger partial charge in [-0.2, -0.15) is 0 Å². The first kappa shape index (κ1) is 15.3. The van der Waals surface area contributed by atoms with E-state index in [0.29, 0.717) is 5.13 Å². The van der Waals surface area contributed by atoms with E-state index in [1.807, 2.05) is 6.92 Å². The standard InChI is InChI=1S/C12H11ClN4O3S/c1-2-3-10-15-16-12(21-10)14-11(18)8-6-7(17(19)20)4-5-9(8)13/h4-6H,2-3H2,1H3,(H,14,16,18). The smallest absolute Gasteiger partial charge is 0.270 e. The first-order valence-corrected chi connectivity index (χ1v) is 7.28. The molecule has 0 unspecified atom stereocenters. The predicted molar refractivity (Wildman–Crippen MR) is 80.0 cm³/mol. The molecule has 0 aliphatic heterocycles. The lowest BCUT2D eigenvalue weighted by Gasteiger charge is -2.03. The molecule has 0 saturated carbocycles. The maximum absolute atomic E-state index is 12.1. The summed E-state index contributed by atoms with van der Waals surface area (Å²) >= 11 is 7.17. The summed E-state index contributed by atoms with van der Waals surface area (Å²) in [6.45, 7) is 2.02. The number of amides is 1. The third kappa shape index (κ3) is 3.73. The van der Waals surface area contributed by atoms with Gasteiger partial charge in [-0.05, 0) is 12.5 Å². The van der Waals surface area contributed by atoms with Gasteiger partial charge in [-0.1, -0.05) is 29.9 Å². The van der Waals surface area contributed by atoms with E-state index < -0.39 is 10.8 Å². The number of hydrogen-bond donors (Lipinski definition) is 1. The highest BCUT2D eigenvalue weighted by molar-refractivity contribution is 7.15. The number of carbonyl (C=O) groups is 1. The molecule has 0 aliphatic rings. The van der Waals surface area contributed by atoms with Gasteiger partial charge in [-0.25, -0.2) is 0 Å². The van der Waals surface area contributed by atoms with Gasteiger partial charge in [0.05, 0.1) is 15.5 Å². The highest BCUT2D eigenvalue weighted by Gasteiger charge is 2.17. The van der Waals surface area contributed by atoms with Gasteiger partial charge in [0.2, 0.25) is 5.13 Å². The third-order valence-electron chi connectivity index (χ3n) is 2.56. The van der Waals surface area contributed by atoms with E-state index >= 15 is 0 Å². The van der Waals surface area contributed by atoms with Crippen molar-refractivity contribution in [3.05, 3.63) is 43.9 Å². The topological polar surface area (TPSA) is 98.0 Å². The molecule has 1 heterocycles. The molecule has 110 valence electrons. The second-order valence-corrected chi connectivity index (χ2v) is 5.60. The summed E-state index contributed by atoms with van der Waals surface area (Å²) in [7, 11) is 0. The fourth-order valence-corrected chi connectivity index (χ4v) is 2.62. The summed E-state index contributed by atoms with van der Waals surface area (Å²) < 4.78 is 0. The van der Waals surface area contributed by atoms with Crippen LogP contribution in [-0.2, 0) is 6.42 Å². The summed E-state index contributed by atoms with van der Waals surface area (Å²) in [5.74, 6) is -0.553. The van der Waals surface area contributed by atoms with Crippen molar-refractivity contribution in [2.45, 2.75) is 19.8 Å². The zero-order valence-corrected chi connectivity index (χ0v) is 12.6. The third-order valence-corrected chi connectivity index (χ3v) is 3.78. The number of nitrogens with zero attached hydrogens (tertiary/aromatic N) is 3. The number of carbonyl (C=O) groups excluding carboxylic acids is 1. The normalized spacial score (nSPS) is 10.4. The van der Waals surface area contributed by atoms with Crippen LogP contribution in [0, 0.1) is 10.1 Å². The number of benzene rings is 1. The average molecular weight is 327 g/mol. The van der Waals surface area contributed by atoms with Crippen molar-refractivity contribution in [2.24, 2.45) is 0 Å². The number of aromatic nitrogens is 2. The fraction of sp³-hybridized carbons (Fsp3) is 0.250. The zero-order chi connectivity index (χ0) is 15.4. The molecule has 21 heavy (non-hydrogen) atoms. The Hall–Kier alpha value is -2.06. The molecule has 9 heteroatoms. The Morgan fingerprint density at radius 2 is 2.24 bits per heavy atom. The number of nitrogens with one attached hydrogen (secondary N) is 1. The number of nitro benzene ring substituents is 1. The maximum Gasteiger partial charge on any atom is 0.270 e. The van der Waals surface area contributed by atoms with Gasteiger partial charge in [0, 0.05) is 18.6 Å². The number of hydrogen-bond acceptors (Lipinski definition) is 6. The van der Waals surface area contributed by atoms with E-state index in [4.69, 9.17) is 11.6 Å². The summed E-state index contributed by atoms with van der Waals surface area (Å²) in [6, 6.07) is 3.69. The van der Waals surface area contributed by atoms with Crippen molar-refractivity contribution in [1.29, 1.82) is 0 Å². The minimum atomic E-state index is -0.586. The first-order valence-electron chi connectivity index (χ1n) is 6.09. The van der Waals surface area contributed by atoms with Crippen LogP contribution in [0.1, 0.15) is 28.7 Å². The van der Waals surface area contributed by atoms with Crippen LogP contribution < -0.4 is 5.32 Å². The predicted octanol–water partition coefficient (Wildman–Crippen LogP) is 3.30. The second kappa shape index (κ2) is 6.59. The largest absolute Gasteiger partial charge is 0.296 e. The van der Waals surface area contributed by atoms with Gasteiger partial charge in [0.15, 0.2) is 0 Å². The molecule has 0 spiro atoms. The minimum Gasteiger partial charge on any atom is -0.296 e. The molecule has 1 aromatic carbocycles. The minimum absolute atomic E-state index is 0.0260. The summed E-state index contributed by atoms with van der Waals surface area (Å²) in [5, 5.41) is 22.3. The zero-order valence-electron chi connectivity index (χ0n) is 11.0. The molecule has 2 rings (SSSR count). The number of halogens is 1. The number of nitro groups is 1. The molecule has 1 amide bonds. The van der Waals surface area contributed by atoms with Crippen molar-refractivity contribution < 1.29 is 9.72 Å². The monoisotopic (exact) mass is 326 g/mol. The van der Waals surface area contributed by atoms with E-state index in [1.54, 1.807) is 0 Å². The average Bonchev–Trinajstić information content (AvgIpc) is 2.86. The number of non-ortho nitro benzene ring substituents is 1. The van der Waals surface area contributed by atoms with Gasteiger partial charge in [-0.15, -0.1) is 10.2 Å². The van der Waals surface area contributed by atoms with Crippen molar-refractivity contribution in [3.63, 3.8) is 0 Å². The molecule has 0 aliphatic carbocycles. The van der Waals surface area contributed by atoms with Gasteiger partial charge in [0.1, 0.15) is 5.01 Å². The first-order chi connectivity index (χ1) is 10.0. The molecule has 0 saturated heterocycles. The van der Waals surface area contributed by atoms with Gasteiger partial charge >= 0.3 is 0 Å². The Balaban J connectivity index is 2.19. The maximum atomic E-state index is 12.1. The van der Waals surface area contributed by atoms with Gasteiger partial charge < -0.3 is 0 Å². The molecule has 7 nitrogen and oxygen atoms in total. The van der Waals surface area contributed by atoms with Crippen LogP contribution in [0.25, 0.3) is 0 Å². The Labute approximate surface area is 129 Å². The van der Waals surface area contributed by atoms with Crippen molar-refractivity contribution in [1.82, 2.24) is 10.2 Å². The van der Waals surface area contributed by atoms with Crippen molar-refractivity contribution in [2.75, 3.05) is 5.32 Å². The van der Waals surface area contributed by atoms with Crippen LogP contribution in [0.5, 0.6) is 0 Å². The molecule has 0 fully saturated rings. The molecule has 1 aromatic heterocycles. The molecule has 0 atom stereocenters. The van der Waals surface area contributed by atoms with Crippen LogP contribution in [-0.4, -0.2) is 21.0 Å². The van der Waals surface area contributed by atoms with Crippen molar-refractivity contribution in [3.8, 4) is 0 Å². The Kier molecular flexibility index (Phi) is 4.81. The lowest BCUT2D eigenvalue weighted by molar-refractivity contribution is -0.384. The quantitative estimate of drug-likeness (QED) is 0.671. The highest BCUT2D eigenvalue weighted by atomic mass is 35.5. The van der Waals surface area contributed by atoms with E-state index in [9.17, 15) is 14.9 Å². The van der Waals surface area contributed by atoms with Crippen LogP contribution in [0.2, 0.25) is 5.02 Å². The number of rotatable bonds is 5. The van der Waals surface area contributed by atoms with E-state index in [-0.39, 0.29) is 16.3 Å². The number of aryl methyl sites for hydroxylation is 1. The van der Waals surface area contributed by atoms with Crippen LogP contribution in [0.3, 0.4) is 0 Å². The Bertz CT molecular complexity index is 689. The molecule has 0 radical (unpaired) electrons. The van der Waals surface area contributed by atoms with Crippen molar-refractivity contribution >= 4 is 39.7 Å². The van der Waals surface area contributed by atoms with Crippen LogP contribution in [0.4, 0.5) is 10.8 Å². The molecule has 2 aromatic rings.